The lowest BCUT2D eigenvalue weighted by molar-refractivity contribution is -0.0212. The molecule has 1 aliphatic carbocycles. The molecule has 3 fully saturated rings. The second-order valence-electron chi connectivity index (χ2n) is 12.4. The summed E-state index contributed by atoms with van der Waals surface area (Å²) in [5.74, 6) is -0.626. The molecule has 0 amide bonds. The standard InChI is InChI=1S/C28H39N3O3/c1-6-34-26(33)24-25(32)31(23-10-8-7-9-22(23)29-24)20-13-18-11-12-19(14-20)30(18)21-15-27(2,3)17-28(4,5)16-21/h7-10,18-21H,6,11-17H2,1-5H3/t18-,19+,20+. The lowest BCUT2D eigenvalue weighted by Crippen LogP contribution is -2.54. The Morgan fingerprint density at radius 3 is 2.24 bits per heavy atom. The summed E-state index contributed by atoms with van der Waals surface area (Å²) in [6, 6.07) is 9.35. The Labute approximate surface area is 202 Å². The highest BCUT2D eigenvalue weighted by atomic mass is 16.5. The molecule has 0 radical (unpaired) electrons. The van der Waals surface area contributed by atoms with Gasteiger partial charge in [-0.1, -0.05) is 39.8 Å². The number of benzene rings is 1. The maximum absolute atomic E-state index is 13.6. The molecule has 1 saturated carbocycles. The van der Waals surface area contributed by atoms with Gasteiger partial charge in [-0.05, 0) is 74.8 Å². The largest absolute Gasteiger partial charge is 0.461 e. The van der Waals surface area contributed by atoms with Crippen LogP contribution in [-0.2, 0) is 4.74 Å². The summed E-state index contributed by atoms with van der Waals surface area (Å²) < 4.78 is 7.03. The summed E-state index contributed by atoms with van der Waals surface area (Å²) in [7, 11) is 0. The molecule has 2 saturated heterocycles. The Kier molecular flexibility index (Phi) is 5.86. The Balaban J connectivity index is 1.49. The van der Waals surface area contributed by atoms with E-state index in [1.807, 2.05) is 28.8 Å². The first kappa shape index (κ1) is 23.5. The van der Waals surface area contributed by atoms with Crippen LogP contribution in [-0.4, -0.2) is 45.2 Å². The molecule has 2 bridgehead atoms. The van der Waals surface area contributed by atoms with Crippen LogP contribution in [0.1, 0.15) is 96.1 Å². The second-order valence-corrected chi connectivity index (χ2v) is 12.4. The monoisotopic (exact) mass is 465 g/mol. The predicted octanol–water partition coefficient (Wildman–Crippen LogP) is 5.35. The van der Waals surface area contributed by atoms with Gasteiger partial charge in [0, 0.05) is 24.2 Å². The predicted molar refractivity (Wildman–Crippen MR) is 134 cm³/mol. The maximum Gasteiger partial charge on any atom is 0.362 e. The molecule has 2 aromatic rings. The number of aromatic nitrogens is 2. The number of hydrogen-bond donors (Lipinski definition) is 0. The van der Waals surface area contributed by atoms with Crippen molar-refractivity contribution in [3.8, 4) is 0 Å². The van der Waals surface area contributed by atoms with Crippen LogP contribution >= 0.6 is 0 Å². The van der Waals surface area contributed by atoms with Crippen molar-refractivity contribution in [1.82, 2.24) is 14.5 Å². The summed E-state index contributed by atoms with van der Waals surface area (Å²) in [5, 5.41) is 0. The number of nitrogens with zero attached hydrogens (tertiary/aromatic N) is 3. The second kappa shape index (κ2) is 8.47. The molecule has 2 aliphatic heterocycles. The Hall–Kier alpha value is -2.21. The van der Waals surface area contributed by atoms with Crippen LogP contribution in [0.2, 0.25) is 0 Å². The quantitative estimate of drug-likeness (QED) is 0.570. The third kappa shape index (κ3) is 4.19. The first-order valence-electron chi connectivity index (χ1n) is 13.0. The molecule has 6 nitrogen and oxygen atoms in total. The number of piperidine rings is 1. The number of rotatable bonds is 4. The van der Waals surface area contributed by atoms with Gasteiger partial charge in [0.25, 0.3) is 5.56 Å². The Morgan fingerprint density at radius 1 is 1.00 bits per heavy atom. The fourth-order valence-corrected chi connectivity index (χ4v) is 7.84. The van der Waals surface area contributed by atoms with Crippen LogP contribution in [0.5, 0.6) is 0 Å². The van der Waals surface area contributed by atoms with Gasteiger partial charge in [0.1, 0.15) is 0 Å². The summed E-state index contributed by atoms with van der Waals surface area (Å²) in [6.07, 6.45) is 8.06. The molecule has 3 atom stereocenters. The summed E-state index contributed by atoms with van der Waals surface area (Å²) in [5.41, 5.74) is 1.81. The van der Waals surface area contributed by atoms with E-state index in [9.17, 15) is 9.59 Å². The van der Waals surface area contributed by atoms with Crippen LogP contribution in [0.25, 0.3) is 11.0 Å². The number of para-hydroxylation sites is 2. The van der Waals surface area contributed by atoms with Gasteiger partial charge in [0.15, 0.2) is 0 Å². The molecule has 34 heavy (non-hydrogen) atoms. The van der Waals surface area contributed by atoms with Crippen molar-refractivity contribution in [3.05, 3.63) is 40.3 Å². The van der Waals surface area contributed by atoms with Gasteiger partial charge < -0.3 is 9.30 Å². The maximum atomic E-state index is 13.6. The molecule has 3 aliphatic rings. The van der Waals surface area contributed by atoms with E-state index in [4.69, 9.17) is 4.74 Å². The van der Waals surface area contributed by atoms with E-state index in [-0.39, 0.29) is 23.9 Å². The first-order chi connectivity index (χ1) is 16.1. The molecular weight excluding hydrogens is 426 g/mol. The molecule has 1 aromatic carbocycles. The highest BCUT2D eigenvalue weighted by Crippen LogP contribution is 2.51. The van der Waals surface area contributed by atoms with Gasteiger partial charge in [0.2, 0.25) is 5.69 Å². The van der Waals surface area contributed by atoms with Gasteiger partial charge in [-0.2, -0.15) is 0 Å². The average Bonchev–Trinajstić information content (AvgIpc) is 3.01. The average molecular weight is 466 g/mol. The van der Waals surface area contributed by atoms with Gasteiger partial charge in [-0.25, -0.2) is 9.78 Å². The van der Waals surface area contributed by atoms with Crippen molar-refractivity contribution in [2.45, 2.75) is 104 Å². The number of hydrogen-bond acceptors (Lipinski definition) is 5. The van der Waals surface area contributed by atoms with Gasteiger partial charge in [-0.15, -0.1) is 0 Å². The van der Waals surface area contributed by atoms with E-state index < -0.39 is 5.97 Å². The van der Waals surface area contributed by atoms with Crippen LogP contribution in [0.4, 0.5) is 0 Å². The molecule has 0 spiro atoms. The smallest absolute Gasteiger partial charge is 0.362 e. The van der Waals surface area contributed by atoms with Crippen molar-refractivity contribution in [3.63, 3.8) is 0 Å². The Morgan fingerprint density at radius 2 is 1.62 bits per heavy atom. The SMILES string of the molecule is CCOC(=O)c1nc2ccccc2n([C@H]2C[C@H]3CC[C@@H](C2)N3C2CC(C)(C)CC(C)(C)C2)c1=O. The normalized spacial score (nSPS) is 28.8. The van der Waals surface area contributed by atoms with E-state index in [0.29, 0.717) is 34.5 Å². The number of carbonyl (C=O) groups excluding carboxylic acids is 1. The minimum absolute atomic E-state index is 0.0759. The third-order valence-electron chi connectivity index (χ3n) is 8.35. The van der Waals surface area contributed by atoms with Crippen molar-refractivity contribution >= 4 is 17.0 Å². The molecule has 5 rings (SSSR count). The van der Waals surface area contributed by atoms with Gasteiger partial charge in [0.05, 0.1) is 17.6 Å². The minimum Gasteiger partial charge on any atom is -0.461 e. The van der Waals surface area contributed by atoms with E-state index >= 15 is 0 Å². The van der Waals surface area contributed by atoms with Crippen LogP contribution in [0, 0.1) is 10.8 Å². The van der Waals surface area contributed by atoms with Crippen LogP contribution in [0.3, 0.4) is 0 Å². The zero-order chi connectivity index (χ0) is 24.3. The molecule has 0 N–H and O–H groups in total. The van der Waals surface area contributed by atoms with E-state index in [0.717, 1.165) is 18.4 Å². The highest BCUT2D eigenvalue weighted by Gasteiger charge is 2.49. The first-order valence-corrected chi connectivity index (χ1v) is 13.0. The number of esters is 1. The number of ether oxygens (including phenoxy) is 1. The lowest BCUT2D eigenvalue weighted by Gasteiger charge is -2.52. The van der Waals surface area contributed by atoms with Crippen molar-refractivity contribution in [2.24, 2.45) is 10.8 Å². The molecule has 1 aromatic heterocycles. The number of fused-ring (bicyclic) bond motifs is 3. The van der Waals surface area contributed by atoms with Crippen molar-refractivity contribution in [2.75, 3.05) is 6.61 Å². The highest BCUT2D eigenvalue weighted by molar-refractivity contribution is 5.89. The van der Waals surface area contributed by atoms with Gasteiger partial charge in [-0.3, -0.25) is 9.69 Å². The molecule has 0 unspecified atom stereocenters. The fraction of sp³-hybridized carbons (Fsp3) is 0.679. The van der Waals surface area contributed by atoms with Crippen molar-refractivity contribution in [1.29, 1.82) is 0 Å². The molecule has 6 heteroatoms. The zero-order valence-corrected chi connectivity index (χ0v) is 21.3. The fourth-order valence-electron chi connectivity index (χ4n) is 7.84. The molecule has 3 heterocycles. The number of carbonyl (C=O) groups is 1. The summed E-state index contributed by atoms with van der Waals surface area (Å²) >= 11 is 0. The van der Waals surface area contributed by atoms with Crippen molar-refractivity contribution < 1.29 is 9.53 Å². The minimum atomic E-state index is -0.626. The third-order valence-corrected chi connectivity index (χ3v) is 8.35. The topological polar surface area (TPSA) is 64.4 Å². The molecular formula is C28H39N3O3. The summed E-state index contributed by atoms with van der Waals surface area (Å²) in [4.78, 5) is 33.4. The van der Waals surface area contributed by atoms with Crippen LogP contribution in [0.15, 0.2) is 29.1 Å². The van der Waals surface area contributed by atoms with Gasteiger partial charge >= 0.3 is 5.97 Å². The lowest BCUT2D eigenvalue weighted by atomic mass is 9.63. The van der Waals surface area contributed by atoms with E-state index in [2.05, 4.69) is 37.6 Å². The zero-order valence-electron chi connectivity index (χ0n) is 21.3. The van der Waals surface area contributed by atoms with Crippen LogP contribution < -0.4 is 5.56 Å². The molecule has 184 valence electrons. The Bertz CT molecular complexity index is 1120. The van der Waals surface area contributed by atoms with E-state index in [1.54, 1.807) is 6.92 Å². The summed E-state index contributed by atoms with van der Waals surface area (Å²) in [6.45, 7) is 11.7. The van der Waals surface area contributed by atoms with E-state index in [1.165, 1.54) is 32.1 Å².